The van der Waals surface area contributed by atoms with Crippen molar-refractivity contribution in [3.63, 3.8) is 0 Å². The second kappa shape index (κ2) is 9.42. The van der Waals surface area contributed by atoms with Crippen LogP contribution in [0.4, 0.5) is 11.4 Å². The maximum Gasteiger partial charge on any atom is 0.136 e. The molecule has 0 aliphatic heterocycles. The number of hydrogen-bond acceptors (Lipinski definition) is 2. The number of anilines is 2. The summed E-state index contributed by atoms with van der Waals surface area (Å²) in [6, 6.07) is 50.8. The van der Waals surface area contributed by atoms with Crippen LogP contribution < -0.4 is 5.32 Å². The Morgan fingerprint density at radius 2 is 1.03 bits per heavy atom. The molecule has 2 nitrogen and oxygen atoms in total. The van der Waals surface area contributed by atoms with Crippen LogP contribution in [0, 0.1) is 0 Å². The van der Waals surface area contributed by atoms with Crippen molar-refractivity contribution >= 4 is 33.3 Å². The molecule has 180 valence electrons. The van der Waals surface area contributed by atoms with E-state index < -0.39 is 0 Å². The highest BCUT2D eigenvalue weighted by Crippen LogP contribution is 2.40. The van der Waals surface area contributed by atoms with E-state index in [1.807, 2.05) is 12.1 Å². The van der Waals surface area contributed by atoms with Crippen LogP contribution in [0.3, 0.4) is 0 Å². The Balaban J connectivity index is 1.34. The molecule has 0 atom stereocenters. The first-order valence-electron chi connectivity index (χ1n) is 12.9. The Morgan fingerprint density at radius 3 is 1.79 bits per heavy atom. The second-order valence-electron chi connectivity index (χ2n) is 9.44. The van der Waals surface area contributed by atoms with Gasteiger partial charge in [-0.2, -0.15) is 0 Å². The van der Waals surface area contributed by atoms with E-state index in [-0.39, 0.29) is 0 Å². The van der Waals surface area contributed by atoms with Crippen molar-refractivity contribution in [1.29, 1.82) is 0 Å². The minimum Gasteiger partial charge on any atom is -0.456 e. The second-order valence-corrected chi connectivity index (χ2v) is 9.44. The van der Waals surface area contributed by atoms with Gasteiger partial charge in [-0.25, -0.2) is 0 Å². The fourth-order valence-corrected chi connectivity index (χ4v) is 5.33. The molecule has 0 unspecified atom stereocenters. The molecule has 6 aromatic carbocycles. The summed E-state index contributed by atoms with van der Waals surface area (Å²) < 4.78 is 6.25. The number of benzene rings is 6. The van der Waals surface area contributed by atoms with Crippen molar-refractivity contribution in [2.45, 2.75) is 0 Å². The summed E-state index contributed by atoms with van der Waals surface area (Å²) in [5, 5.41) is 5.96. The lowest BCUT2D eigenvalue weighted by Gasteiger charge is -2.16. The minimum atomic E-state index is 0.886. The van der Waals surface area contributed by atoms with Crippen molar-refractivity contribution in [2.24, 2.45) is 0 Å². The quantitative estimate of drug-likeness (QED) is 0.261. The Bertz CT molecular complexity index is 1880. The minimum absolute atomic E-state index is 0.886. The van der Waals surface area contributed by atoms with Crippen LogP contribution in [0.25, 0.3) is 55.3 Å². The van der Waals surface area contributed by atoms with Gasteiger partial charge in [-0.3, -0.25) is 0 Å². The van der Waals surface area contributed by atoms with Gasteiger partial charge in [-0.15, -0.1) is 0 Å². The molecule has 1 heterocycles. The first-order chi connectivity index (χ1) is 18.8. The average Bonchev–Trinajstić information content (AvgIpc) is 3.37. The molecule has 0 saturated heterocycles. The molecular formula is C36H25NO. The molecule has 2 heteroatoms. The number of fused-ring (bicyclic) bond motifs is 3. The summed E-state index contributed by atoms with van der Waals surface area (Å²) >= 11 is 0. The Morgan fingerprint density at radius 1 is 0.421 bits per heavy atom. The first-order valence-corrected chi connectivity index (χ1v) is 12.9. The standard InChI is InChI=1S/C36H25NO/c1-3-12-25(13-4-1)28-16-7-8-17-30(28)31-18-9-10-20-33(31)37-27-22-23-34-32(24-27)36-29(19-11-21-35(36)38-34)26-14-5-2-6-15-26/h1-24,37H. The molecule has 0 aliphatic carbocycles. The highest BCUT2D eigenvalue weighted by atomic mass is 16.3. The van der Waals surface area contributed by atoms with Crippen LogP contribution in [-0.2, 0) is 0 Å². The topological polar surface area (TPSA) is 25.2 Å². The van der Waals surface area contributed by atoms with Gasteiger partial charge in [0.1, 0.15) is 11.2 Å². The molecule has 0 saturated carbocycles. The van der Waals surface area contributed by atoms with Crippen molar-refractivity contribution < 1.29 is 4.42 Å². The van der Waals surface area contributed by atoms with Crippen LogP contribution in [0.15, 0.2) is 150 Å². The number of para-hydroxylation sites is 1. The van der Waals surface area contributed by atoms with Crippen LogP contribution in [-0.4, -0.2) is 0 Å². The molecule has 0 spiro atoms. The van der Waals surface area contributed by atoms with Gasteiger partial charge in [-0.05, 0) is 58.1 Å². The van der Waals surface area contributed by atoms with Gasteiger partial charge in [0.05, 0.1) is 0 Å². The third-order valence-electron chi connectivity index (χ3n) is 7.09. The van der Waals surface area contributed by atoms with Gasteiger partial charge < -0.3 is 9.73 Å². The fourth-order valence-electron chi connectivity index (χ4n) is 5.33. The first kappa shape index (κ1) is 22.1. The molecular weight excluding hydrogens is 462 g/mol. The molecule has 7 rings (SSSR count). The van der Waals surface area contributed by atoms with E-state index in [9.17, 15) is 0 Å². The lowest BCUT2D eigenvalue weighted by molar-refractivity contribution is 0.669. The molecule has 0 radical (unpaired) electrons. The SMILES string of the molecule is c1ccc(-c2ccccc2-c2ccccc2Nc2ccc3oc4cccc(-c5ccccc5)c4c3c2)cc1. The molecule has 7 aromatic rings. The van der Waals surface area contributed by atoms with Crippen LogP contribution in [0.5, 0.6) is 0 Å². The largest absolute Gasteiger partial charge is 0.456 e. The van der Waals surface area contributed by atoms with E-state index in [2.05, 4.69) is 139 Å². The monoisotopic (exact) mass is 487 g/mol. The highest BCUT2D eigenvalue weighted by molar-refractivity contribution is 6.13. The van der Waals surface area contributed by atoms with E-state index in [0.29, 0.717) is 0 Å². The van der Waals surface area contributed by atoms with Gasteiger partial charge >= 0.3 is 0 Å². The zero-order valence-electron chi connectivity index (χ0n) is 20.8. The normalized spacial score (nSPS) is 11.2. The van der Waals surface area contributed by atoms with Crippen molar-refractivity contribution in [2.75, 3.05) is 5.32 Å². The zero-order chi connectivity index (χ0) is 25.3. The molecule has 0 aliphatic rings. The summed E-state index contributed by atoms with van der Waals surface area (Å²) in [7, 11) is 0. The van der Waals surface area contributed by atoms with Crippen molar-refractivity contribution in [3.8, 4) is 33.4 Å². The van der Waals surface area contributed by atoms with E-state index in [4.69, 9.17) is 4.42 Å². The van der Waals surface area contributed by atoms with Gasteiger partial charge in [0.2, 0.25) is 0 Å². The number of hydrogen-bond donors (Lipinski definition) is 1. The summed E-state index contributed by atoms with van der Waals surface area (Å²) in [6.45, 7) is 0. The molecule has 0 fully saturated rings. The third-order valence-corrected chi connectivity index (χ3v) is 7.09. The van der Waals surface area contributed by atoms with Crippen LogP contribution >= 0.6 is 0 Å². The Labute approximate surface area is 221 Å². The number of rotatable bonds is 5. The number of furan rings is 1. The summed E-state index contributed by atoms with van der Waals surface area (Å²) in [5.74, 6) is 0. The predicted molar refractivity (Wildman–Crippen MR) is 160 cm³/mol. The maximum absolute atomic E-state index is 6.25. The molecule has 38 heavy (non-hydrogen) atoms. The Kier molecular flexibility index (Phi) is 5.49. The molecule has 0 amide bonds. The summed E-state index contributed by atoms with van der Waals surface area (Å²) in [4.78, 5) is 0. The van der Waals surface area contributed by atoms with Gasteiger partial charge in [0.25, 0.3) is 0 Å². The summed E-state index contributed by atoms with van der Waals surface area (Å²) in [6.07, 6.45) is 0. The van der Waals surface area contributed by atoms with Gasteiger partial charge in [-0.1, -0.05) is 115 Å². The van der Waals surface area contributed by atoms with E-state index in [1.165, 1.54) is 27.8 Å². The van der Waals surface area contributed by atoms with Gasteiger partial charge in [0.15, 0.2) is 0 Å². The number of nitrogens with one attached hydrogen (secondary N) is 1. The zero-order valence-corrected chi connectivity index (χ0v) is 20.8. The van der Waals surface area contributed by atoms with Crippen LogP contribution in [0.1, 0.15) is 0 Å². The lowest BCUT2D eigenvalue weighted by Crippen LogP contribution is -1.94. The van der Waals surface area contributed by atoms with Crippen molar-refractivity contribution in [3.05, 3.63) is 146 Å². The summed E-state index contributed by atoms with van der Waals surface area (Å²) in [5.41, 5.74) is 11.0. The Hall–Kier alpha value is -5.08. The predicted octanol–water partition coefficient (Wildman–Crippen LogP) is 10.3. The highest BCUT2D eigenvalue weighted by Gasteiger charge is 2.14. The molecule has 1 aromatic heterocycles. The third kappa shape index (κ3) is 3.93. The van der Waals surface area contributed by atoms with E-state index in [1.54, 1.807) is 0 Å². The maximum atomic E-state index is 6.25. The van der Waals surface area contributed by atoms with E-state index >= 15 is 0 Å². The smallest absolute Gasteiger partial charge is 0.136 e. The lowest BCUT2D eigenvalue weighted by atomic mass is 9.93. The van der Waals surface area contributed by atoms with Crippen molar-refractivity contribution in [1.82, 2.24) is 0 Å². The van der Waals surface area contributed by atoms with Gasteiger partial charge in [0, 0.05) is 27.7 Å². The average molecular weight is 488 g/mol. The molecule has 1 N–H and O–H groups in total. The molecule has 0 bridgehead atoms. The van der Waals surface area contributed by atoms with E-state index in [0.717, 1.165) is 38.9 Å². The fraction of sp³-hybridized carbons (Fsp3) is 0. The van der Waals surface area contributed by atoms with Crippen LogP contribution in [0.2, 0.25) is 0 Å².